The molecule has 4 rings (SSSR count). The van der Waals surface area contributed by atoms with Crippen LogP contribution in [0.1, 0.15) is 32.8 Å². The number of hydrogen-bond donors (Lipinski definition) is 1. The molecule has 0 bridgehead atoms. The highest BCUT2D eigenvalue weighted by atomic mass is 32.2. The largest absolute Gasteiger partial charge is 0.508 e. The molecule has 0 atom stereocenters. The molecule has 0 radical (unpaired) electrons. The van der Waals surface area contributed by atoms with E-state index >= 15 is 0 Å². The second-order valence-electron chi connectivity index (χ2n) is 8.82. The zero-order chi connectivity index (χ0) is 22.4. The Labute approximate surface area is 188 Å². The normalized spacial score (nSPS) is 15.1. The van der Waals surface area contributed by atoms with Gasteiger partial charge < -0.3 is 14.3 Å². The molecule has 1 aliphatic rings. The summed E-state index contributed by atoms with van der Waals surface area (Å²) in [6, 6.07) is 10.9. The third kappa shape index (κ3) is 6.73. The third-order valence-corrected chi connectivity index (χ3v) is 6.64. The van der Waals surface area contributed by atoms with Crippen LogP contribution in [0.4, 0.5) is 0 Å². The molecule has 168 valence electrons. The number of fused-ring (bicyclic) bond motifs is 3. The van der Waals surface area contributed by atoms with Crippen LogP contribution in [-0.2, 0) is 11.2 Å². The highest BCUT2D eigenvalue weighted by Crippen LogP contribution is 2.26. The van der Waals surface area contributed by atoms with Crippen LogP contribution in [0.25, 0.3) is 21.7 Å². The first kappa shape index (κ1) is 23.6. The SMILES string of the molecule is CSC(C)(C)C.O=c1oc2cc(O)ccc2c2ccc(CCCN3CCOCC3)cc12. The predicted molar refractivity (Wildman–Crippen MR) is 131 cm³/mol. The quantitative estimate of drug-likeness (QED) is 0.449. The summed E-state index contributed by atoms with van der Waals surface area (Å²) in [7, 11) is 0. The van der Waals surface area contributed by atoms with Gasteiger partial charge in [0.25, 0.3) is 0 Å². The highest BCUT2D eigenvalue weighted by Gasteiger charge is 2.11. The van der Waals surface area contributed by atoms with Crippen LogP contribution in [0.5, 0.6) is 5.75 Å². The van der Waals surface area contributed by atoms with Crippen LogP contribution in [0.15, 0.2) is 45.6 Å². The molecule has 3 aromatic rings. The van der Waals surface area contributed by atoms with Gasteiger partial charge in [-0.3, -0.25) is 4.90 Å². The van der Waals surface area contributed by atoms with Crippen molar-refractivity contribution in [2.24, 2.45) is 0 Å². The van der Waals surface area contributed by atoms with Crippen LogP contribution >= 0.6 is 11.8 Å². The van der Waals surface area contributed by atoms with Crippen molar-refractivity contribution in [2.75, 3.05) is 39.1 Å². The lowest BCUT2D eigenvalue weighted by molar-refractivity contribution is 0.0375. The Hall–Kier alpha value is -2.02. The van der Waals surface area contributed by atoms with Gasteiger partial charge in [-0.25, -0.2) is 4.79 Å². The summed E-state index contributed by atoms with van der Waals surface area (Å²) in [4.78, 5) is 14.7. The van der Waals surface area contributed by atoms with Gasteiger partial charge in [0.05, 0.1) is 18.6 Å². The number of aromatic hydroxyl groups is 1. The summed E-state index contributed by atoms with van der Waals surface area (Å²) in [6.45, 7) is 11.3. The molecule has 2 heterocycles. The Kier molecular flexibility index (Phi) is 8.03. The van der Waals surface area contributed by atoms with Gasteiger partial charge in [0.15, 0.2) is 0 Å². The van der Waals surface area contributed by atoms with E-state index in [0.29, 0.717) is 15.7 Å². The van der Waals surface area contributed by atoms with E-state index in [4.69, 9.17) is 9.15 Å². The molecule has 0 unspecified atom stereocenters. The summed E-state index contributed by atoms with van der Waals surface area (Å²) >= 11 is 1.88. The number of hydrogen-bond acceptors (Lipinski definition) is 6. The number of phenols is 1. The zero-order valence-electron chi connectivity index (χ0n) is 18.9. The molecule has 0 aliphatic carbocycles. The minimum absolute atomic E-state index is 0.0923. The fourth-order valence-corrected chi connectivity index (χ4v) is 3.46. The van der Waals surface area contributed by atoms with Crippen molar-refractivity contribution >= 4 is 33.5 Å². The van der Waals surface area contributed by atoms with E-state index in [1.165, 1.54) is 6.07 Å². The van der Waals surface area contributed by atoms with Gasteiger partial charge in [-0.15, -0.1) is 0 Å². The number of benzene rings is 2. The molecule has 0 amide bonds. The van der Waals surface area contributed by atoms with E-state index in [9.17, 15) is 9.90 Å². The Morgan fingerprint density at radius 1 is 1.03 bits per heavy atom. The molecule has 0 saturated carbocycles. The maximum absolute atomic E-state index is 12.3. The van der Waals surface area contributed by atoms with Crippen molar-refractivity contribution in [2.45, 2.75) is 38.4 Å². The summed E-state index contributed by atoms with van der Waals surface area (Å²) in [5, 5.41) is 11.9. The number of nitrogens with zero attached hydrogens (tertiary/aromatic N) is 1. The lowest BCUT2D eigenvalue weighted by Crippen LogP contribution is -2.36. The number of phenolic OH excluding ortho intramolecular Hbond substituents is 1. The fourth-order valence-electron chi connectivity index (χ4n) is 3.46. The highest BCUT2D eigenvalue weighted by molar-refractivity contribution is 7.99. The summed E-state index contributed by atoms with van der Waals surface area (Å²) in [5.74, 6) is 0.0923. The van der Waals surface area contributed by atoms with Gasteiger partial charge in [0.1, 0.15) is 11.3 Å². The average Bonchev–Trinajstić information content (AvgIpc) is 2.74. The molecular weight excluding hydrogens is 410 g/mol. The van der Waals surface area contributed by atoms with Crippen LogP contribution < -0.4 is 5.63 Å². The smallest absolute Gasteiger partial charge is 0.344 e. The van der Waals surface area contributed by atoms with Crippen LogP contribution in [0.2, 0.25) is 0 Å². The van der Waals surface area contributed by atoms with E-state index in [0.717, 1.165) is 62.0 Å². The molecule has 6 heteroatoms. The molecule has 31 heavy (non-hydrogen) atoms. The van der Waals surface area contributed by atoms with E-state index in [2.05, 4.69) is 38.0 Å². The maximum Gasteiger partial charge on any atom is 0.344 e. The lowest BCUT2D eigenvalue weighted by Gasteiger charge is -2.26. The Morgan fingerprint density at radius 2 is 1.71 bits per heavy atom. The van der Waals surface area contributed by atoms with Crippen molar-refractivity contribution in [1.29, 1.82) is 0 Å². The van der Waals surface area contributed by atoms with Crippen molar-refractivity contribution in [3.8, 4) is 5.75 Å². The van der Waals surface area contributed by atoms with Crippen molar-refractivity contribution in [3.63, 3.8) is 0 Å². The lowest BCUT2D eigenvalue weighted by atomic mass is 10.0. The molecular formula is C25H33NO4S. The summed E-state index contributed by atoms with van der Waals surface area (Å²) in [5.41, 5.74) is 1.20. The molecule has 2 aromatic carbocycles. The summed E-state index contributed by atoms with van der Waals surface area (Å²) < 4.78 is 11.2. The molecule has 1 saturated heterocycles. The molecule has 1 fully saturated rings. The number of rotatable bonds is 4. The van der Waals surface area contributed by atoms with Gasteiger partial charge >= 0.3 is 5.63 Å². The van der Waals surface area contributed by atoms with Gasteiger partial charge in [-0.2, -0.15) is 11.8 Å². The monoisotopic (exact) mass is 443 g/mol. The fraction of sp³-hybridized carbons (Fsp3) is 0.480. The van der Waals surface area contributed by atoms with Crippen LogP contribution in [-0.4, -0.2) is 53.9 Å². The average molecular weight is 444 g/mol. The molecule has 1 aliphatic heterocycles. The van der Waals surface area contributed by atoms with E-state index in [-0.39, 0.29) is 11.4 Å². The topological polar surface area (TPSA) is 62.9 Å². The second-order valence-corrected chi connectivity index (χ2v) is 10.5. The maximum atomic E-state index is 12.3. The predicted octanol–water partition coefficient (Wildman–Crippen LogP) is 5.06. The van der Waals surface area contributed by atoms with Gasteiger partial charge in [-0.05, 0) is 54.8 Å². The minimum atomic E-state index is -0.358. The van der Waals surface area contributed by atoms with E-state index < -0.39 is 0 Å². The third-order valence-electron chi connectivity index (χ3n) is 5.42. The molecule has 5 nitrogen and oxygen atoms in total. The van der Waals surface area contributed by atoms with Gasteiger partial charge in [0, 0.05) is 29.3 Å². The number of ether oxygens (including phenoxy) is 1. The first-order valence-electron chi connectivity index (χ1n) is 10.8. The number of thioether (sulfide) groups is 1. The first-order valence-corrected chi connectivity index (χ1v) is 12.0. The van der Waals surface area contributed by atoms with Crippen molar-refractivity contribution in [1.82, 2.24) is 4.90 Å². The van der Waals surface area contributed by atoms with Gasteiger partial charge in [0.2, 0.25) is 0 Å². The number of aryl methyl sites for hydroxylation is 1. The van der Waals surface area contributed by atoms with Crippen LogP contribution in [0, 0.1) is 0 Å². The van der Waals surface area contributed by atoms with E-state index in [1.807, 2.05) is 23.9 Å². The molecule has 1 aromatic heterocycles. The summed E-state index contributed by atoms with van der Waals surface area (Å²) in [6.07, 6.45) is 4.11. The van der Waals surface area contributed by atoms with Crippen LogP contribution in [0.3, 0.4) is 0 Å². The van der Waals surface area contributed by atoms with Gasteiger partial charge in [-0.1, -0.05) is 32.9 Å². The molecule has 0 spiro atoms. The standard InChI is InChI=1S/C20H21NO4.C5H12S/c22-15-4-6-17-16-5-3-14(2-1-7-21-8-10-24-11-9-21)12-18(16)20(23)25-19(17)13-15;1-5(2,3)6-4/h3-6,12-13,22H,1-2,7-11H2;1-4H3. The zero-order valence-corrected chi connectivity index (χ0v) is 19.8. The van der Waals surface area contributed by atoms with Crippen molar-refractivity contribution in [3.05, 3.63) is 52.4 Å². The first-order chi connectivity index (χ1) is 14.8. The molecule has 1 N–H and O–H groups in total. The second kappa shape index (κ2) is 10.5. The number of morpholine rings is 1. The van der Waals surface area contributed by atoms with E-state index in [1.54, 1.807) is 12.1 Å². The Bertz CT molecular complexity index is 1060. The Morgan fingerprint density at radius 3 is 2.39 bits per heavy atom. The Balaban J connectivity index is 0.000000401. The van der Waals surface area contributed by atoms with Crippen molar-refractivity contribution < 1.29 is 14.3 Å². The minimum Gasteiger partial charge on any atom is -0.508 e.